The van der Waals surface area contributed by atoms with Crippen molar-refractivity contribution in [1.82, 2.24) is 10.3 Å². The lowest BCUT2D eigenvalue weighted by Gasteiger charge is -2.37. The van der Waals surface area contributed by atoms with Gasteiger partial charge in [-0.15, -0.1) is 0 Å². The van der Waals surface area contributed by atoms with E-state index in [4.69, 9.17) is 14.3 Å². The number of aldehydes is 1. The number of rotatable bonds is 5. The van der Waals surface area contributed by atoms with Crippen LogP contribution in [0.4, 0.5) is 0 Å². The smallest absolute Gasteiger partial charge is 0.188 e. The minimum Gasteiger partial charge on any atom is -0.493 e. The topological polar surface area (TPSA) is 60.5 Å². The molecule has 1 heterocycles. The van der Waals surface area contributed by atoms with E-state index in [1.165, 1.54) is 6.92 Å². The SMILES string of the molecule is C=C(NC1CC(C)(C)/C=C\CC(C)(C)C1)c1nccc(OC)c1OC.CC=O. The Labute approximate surface area is 170 Å². The van der Waals surface area contributed by atoms with Gasteiger partial charge in [0.15, 0.2) is 11.5 Å². The van der Waals surface area contributed by atoms with Gasteiger partial charge in [-0.1, -0.05) is 46.4 Å². The number of hydrogen-bond acceptors (Lipinski definition) is 5. The third-order valence-electron chi connectivity index (χ3n) is 4.77. The molecule has 2 rings (SSSR count). The zero-order valence-electron chi connectivity index (χ0n) is 18.5. The van der Waals surface area contributed by atoms with Crippen LogP contribution in [0.2, 0.25) is 0 Å². The monoisotopic (exact) mass is 388 g/mol. The van der Waals surface area contributed by atoms with Gasteiger partial charge in [0.1, 0.15) is 12.0 Å². The van der Waals surface area contributed by atoms with E-state index >= 15 is 0 Å². The zero-order chi connectivity index (χ0) is 21.4. The molecule has 5 heteroatoms. The number of hydrogen-bond donors (Lipinski definition) is 1. The number of nitrogens with zero attached hydrogens (tertiary/aromatic N) is 1. The molecule has 0 bridgehead atoms. The summed E-state index contributed by atoms with van der Waals surface area (Å²) in [6, 6.07) is 2.11. The van der Waals surface area contributed by atoms with Crippen molar-refractivity contribution >= 4 is 12.0 Å². The van der Waals surface area contributed by atoms with Crippen molar-refractivity contribution in [2.45, 2.75) is 59.9 Å². The molecule has 156 valence electrons. The van der Waals surface area contributed by atoms with E-state index in [0.717, 1.165) is 31.2 Å². The predicted octanol–water partition coefficient (Wildman–Crippen LogP) is 5.03. The second kappa shape index (κ2) is 10.3. The van der Waals surface area contributed by atoms with Gasteiger partial charge in [0, 0.05) is 18.3 Å². The third kappa shape index (κ3) is 7.02. The first-order chi connectivity index (χ1) is 13.1. The Morgan fingerprint density at radius 1 is 1.25 bits per heavy atom. The lowest BCUT2D eigenvalue weighted by molar-refractivity contribution is -0.106. The second-order valence-corrected chi connectivity index (χ2v) is 8.62. The first-order valence-corrected chi connectivity index (χ1v) is 9.69. The molecule has 1 aromatic heterocycles. The molecular formula is C23H36N2O3. The summed E-state index contributed by atoms with van der Waals surface area (Å²) in [5.74, 6) is 1.28. The van der Waals surface area contributed by atoms with Crippen LogP contribution in [0.3, 0.4) is 0 Å². The molecule has 28 heavy (non-hydrogen) atoms. The van der Waals surface area contributed by atoms with Crippen LogP contribution in [0, 0.1) is 10.8 Å². The summed E-state index contributed by atoms with van der Waals surface area (Å²) < 4.78 is 10.9. The average molecular weight is 389 g/mol. The zero-order valence-corrected chi connectivity index (χ0v) is 18.5. The fourth-order valence-corrected chi connectivity index (χ4v) is 3.64. The van der Waals surface area contributed by atoms with Crippen LogP contribution in [-0.2, 0) is 4.79 Å². The highest BCUT2D eigenvalue weighted by Gasteiger charge is 2.30. The summed E-state index contributed by atoms with van der Waals surface area (Å²) in [4.78, 5) is 13.3. The number of ether oxygens (including phenoxy) is 2. The number of aromatic nitrogens is 1. The Kier molecular flexibility index (Phi) is 8.73. The molecule has 1 aliphatic carbocycles. The van der Waals surface area contributed by atoms with Crippen LogP contribution in [0.15, 0.2) is 31.0 Å². The van der Waals surface area contributed by atoms with E-state index in [9.17, 15) is 0 Å². The quantitative estimate of drug-likeness (QED) is 0.566. The summed E-state index contributed by atoms with van der Waals surface area (Å²) in [6.45, 7) is 14.9. The number of carbonyl (C=O) groups excluding carboxylic acids is 1. The number of pyridine rings is 1. The van der Waals surface area contributed by atoms with Crippen molar-refractivity contribution in [3.05, 3.63) is 36.7 Å². The molecule has 0 aromatic carbocycles. The molecule has 1 unspecified atom stereocenters. The fraction of sp³-hybridized carbons (Fsp3) is 0.565. The van der Waals surface area contributed by atoms with E-state index in [-0.39, 0.29) is 10.8 Å². The molecule has 1 N–H and O–H groups in total. The highest BCUT2D eigenvalue weighted by Crippen LogP contribution is 2.38. The van der Waals surface area contributed by atoms with Crippen LogP contribution < -0.4 is 14.8 Å². The van der Waals surface area contributed by atoms with Crippen molar-refractivity contribution < 1.29 is 14.3 Å². The highest BCUT2D eigenvalue weighted by atomic mass is 16.5. The Balaban J connectivity index is 0.00000122. The predicted molar refractivity (Wildman–Crippen MR) is 116 cm³/mol. The summed E-state index contributed by atoms with van der Waals surface area (Å²) in [5, 5.41) is 3.61. The number of nitrogens with one attached hydrogen (secondary N) is 1. The van der Waals surface area contributed by atoms with Gasteiger partial charge < -0.3 is 19.6 Å². The van der Waals surface area contributed by atoms with Gasteiger partial charge in [-0.05, 0) is 37.0 Å². The van der Waals surface area contributed by atoms with Crippen molar-refractivity contribution in [1.29, 1.82) is 0 Å². The van der Waals surface area contributed by atoms with Crippen molar-refractivity contribution in [3.63, 3.8) is 0 Å². The van der Waals surface area contributed by atoms with Crippen LogP contribution in [0.1, 0.15) is 59.6 Å². The second-order valence-electron chi connectivity index (χ2n) is 8.62. The molecule has 0 fully saturated rings. The maximum Gasteiger partial charge on any atom is 0.188 e. The first-order valence-electron chi connectivity index (χ1n) is 9.69. The third-order valence-corrected chi connectivity index (χ3v) is 4.77. The minimum atomic E-state index is 0.153. The molecule has 0 amide bonds. The van der Waals surface area contributed by atoms with E-state index < -0.39 is 0 Å². The van der Waals surface area contributed by atoms with Crippen LogP contribution >= 0.6 is 0 Å². The van der Waals surface area contributed by atoms with Crippen LogP contribution in [0.25, 0.3) is 5.70 Å². The van der Waals surface area contributed by atoms with Gasteiger partial charge >= 0.3 is 0 Å². The summed E-state index contributed by atoms with van der Waals surface area (Å²) in [5.41, 5.74) is 1.88. The summed E-state index contributed by atoms with van der Waals surface area (Å²) in [6.07, 6.45) is 10.3. The highest BCUT2D eigenvalue weighted by molar-refractivity contribution is 5.67. The Morgan fingerprint density at radius 2 is 1.89 bits per heavy atom. The first kappa shape index (κ1) is 23.7. The minimum absolute atomic E-state index is 0.153. The molecule has 0 aliphatic heterocycles. The molecule has 5 nitrogen and oxygen atoms in total. The van der Waals surface area contributed by atoms with Crippen molar-refractivity contribution in [3.8, 4) is 11.5 Å². The number of carbonyl (C=O) groups is 1. The Morgan fingerprint density at radius 3 is 2.46 bits per heavy atom. The molecule has 1 aromatic rings. The lowest BCUT2D eigenvalue weighted by Crippen LogP contribution is -2.37. The Bertz CT molecular complexity index is 693. The molecular weight excluding hydrogens is 352 g/mol. The number of methoxy groups -OCH3 is 2. The average Bonchev–Trinajstić information content (AvgIpc) is 2.59. The van der Waals surface area contributed by atoms with Gasteiger partial charge in [-0.2, -0.15) is 0 Å². The van der Waals surface area contributed by atoms with E-state index in [1.807, 2.05) is 0 Å². The maximum atomic E-state index is 8.81. The van der Waals surface area contributed by atoms with Crippen molar-refractivity contribution in [2.24, 2.45) is 10.8 Å². The maximum absolute atomic E-state index is 8.81. The van der Waals surface area contributed by atoms with Gasteiger partial charge in [0.05, 0.1) is 19.9 Å². The molecule has 0 saturated heterocycles. The van der Waals surface area contributed by atoms with E-state index in [2.05, 4.69) is 56.7 Å². The van der Waals surface area contributed by atoms with Crippen LogP contribution in [0.5, 0.6) is 11.5 Å². The summed E-state index contributed by atoms with van der Waals surface area (Å²) >= 11 is 0. The largest absolute Gasteiger partial charge is 0.493 e. The fourth-order valence-electron chi connectivity index (χ4n) is 3.64. The van der Waals surface area contributed by atoms with Crippen molar-refractivity contribution in [2.75, 3.05) is 14.2 Å². The molecule has 1 aliphatic rings. The normalized spacial score (nSPS) is 21.0. The lowest BCUT2D eigenvalue weighted by atomic mass is 9.74. The summed E-state index contributed by atoms with van der Waals surface area (Å²) in [7, 11) is 3.26. The van der Waals surface area contributed by atoms with Crippen LogP contribution in [-0.4, -0.2) is 31.5 Å². The van der Waals surface area contributed by atoms with Gasteiger partial charge in [-0.3, -0.25) is 4.98 Å². The van der Waals surface area contributed by atoms with Gasteiger partial charge in [-0.25, -0.2) is 0 Å². The van der Waals surface area contributed by atoms with Gasteiger partial charge in [0.2, 0.25) is 0 Å². The molecule has 0 spiro atoms. The van der Waals surface area contributed by atoms with E-state index in [0.29, 0.717) is 23.2 Å². The standard InChI is InChI=1S/C21H32N2O2.C2H4O/c1-15(18-19(25-7)17(24-6)9-12-22-18)23-16-13-20(2,3)10-8-11-21(4,5)14-16;1-2-3/h8-10,12,16,23H,1,11,13-14H2,2-7H3;2H,1H3/b10-8-;. The molecule has 0 saturated carbocycles. The molecule has 1 atom stereocenters. The Hall–Kier alpha value is -2.30. The number of allylic oxidation sites excluding steroid dienone is 2. The van der Waals surface area contributed by atoms with Gasteiger partial charge in [0.25, 0.3) is 0 Å². The molecule has 0 radical (unpaired) electrons. The van der Waals surface area contributed by atoms with E-state index in [1.54, 1.807) is 26.5 Å².